The van der Waals surface area contributed by atoms with Gasteiger partial charge < -0.3 is 4.74 Å². The molecule has 0 atom stereocenters. The van der Waals surface area contributed by atoms with Gasteiger partial charge in [-0.2, -0.15) is 0 Å². The van der Waals surface area contributed by atoms with Crippen LogP contribution in [0.2, 0.25) is 0 Å². The summed E-state index contributed by atoms with van der Waals surface area (Å²) in [5.74, 6) is 0.181. The Balaban J connectivity index is 1.75. The molecule has 0 spiro atoms. The molecule has 0 aliphatic heterocycles. The van der Waals surface area contributed by atoms with Gasteiger partial charge in [0, 0.05) is 17.1 Å². The molecule has 0 unspecified atom stereocenters. The molecule has 3 rings (SSSR count). The Labute approximate surface area is 127 Å². The lowest BCUT2D eigenvalue weighted by Gasteiger charge is -2.09. The third-order valence-electron chi connectivity index (χ3n) is 3.31. The minimum atomic E-state index is -0.536. The Hall–Kier alpha value is -2.92. The fourth-order valence-electron chi connectivity index (χ4n) is 2.17. The molecular weight excluding hydrogens is 280 g/mol. The quantitative estimate of drug-likeness (QED) is 0.573. The van der Waals surface area contributed by atoms with Crippen LogP contribution in [0.5, 0.6) is 5.75 Å². The van der Waals surface area contributed by atoms with Crippen molar-refractivity contribution in [2.45, 2.75) is 6.61 Å². The second-order valence-electron chi connectivity index (χ2n) is 4.76. The summed E-state index contributed by atoms with van der Waals surface area (Å²) in [4.78, 5) is 15.6. The Kier molecular flexibility index (Phi) is 3.98. The van der Waals surface area contributed by atoms with Gasteiger partial charge in [-0.05, 0) is 29.8 Å². The first-order valence-corrected chi connectivity index (χ1v) is 6.78. The van der Waals surface area contributed by atoms with E-state index in [1.165, 1.54) is 0 Å². The molecule has 0 aliphatic rings. The largest absolute Gasteiger partial charge is 0.487 e. The number of pyridine rings is 1. The van der Waals surface area contributed by atoms with Crippen molar-refractivity contribution in [3.8, 4) is 5.75 Å². The maximum Gasteiger partial charge on any atom is 0.274 e. The van der Waals surface area contributed by atoms with Crippen molar-refractivity contribution in [2.24, 2.45) is 0 Å². The molecule has 1 amide bonds. The van der Waals surface area contributed by atoms with Crippen LogP contribution in [0.15, 0.2) is 60.8 Å². The lowest BCUT2D eigenvalue weighted by Crippen LogP contribution is -2.18. The summed E-state index contributed by atoms with van der Waals surface area (Å²) in [5, 5.41) is 9.60. The normalized spacial score (nSPS) is 10.4. The number of rotatable bonds is 4. The Bertz CT molecular complexity index is 795. The van der Waals surface area contributed by atoms with Crippen molar-refractivity contribution in [2.75, 3.05) is 0 Å². The average Bonchev–Trinajstić information content (AvgIpc) is 2.59. The predicted molar refractivity (Wildman–Crippen MR) is 81.8 cm³/mol. The maximum atomic E-state index is 11.2. The average molecular weight is 294 g/mol. The molecule has 0 fully saturated rings. The van der Waals surface area contributed by atoms with Crippen LogP contribution in [-0.2, 0) is 6.61 Å². The Morgan fingerprint density at radius 2 is 1.86 bits per heavy atom. The van der Waals surface area contributed by atoms with Gasteiger partial charge in [0.2, 0.25) is 0 Å². The van der Waals surface area contributed by atoms with Crippen molar-refractivity contribution in [1.82, 2.24) is 10.5 Å². The molecule has 0 radical (unpaired) electrons. The molecule has 0 bridgehead atoms. The molecule has 22 heavy (non-hydrogen) atoms. The van der Waals surface area contributed by atoms with E-state index in [1.54, 1.807) is 35.9 Å². The number of carbonyl (C=O) groups is 1. The van der Waals surface area contributed by atoms with E-state index < -0.39 is 5.91 Å². The molecule has 2 N–H and O–H groups in total. The number of carbonyl (C=O) groups excluding carboxylic acids is 1. The summed E-state index contributed by atoms with van der Waals surface area (Å²) in [6, 6.07) is 16.5. The third-order valence-corrected chi connectivity index (χ3v) is 3.31. The third kappa shape index (κ3) is 2.89. The lowest BCUT2D eigenvalue weighted by atomic mass is 10.1. The molecule has 1 aromatic heterocycles. The van der Waals surface area contributed by atoms with Gasteiger partial charge in [-0.15, -0.1) is 0 Å². The van der Waals surface area contributed by atoms with Crippen LogP contribution >= 0.6 is 0 Å². The molecule has 0 saturated carbocycles. The smallest absolute Gasteiger partial charge is 0.274 e. The minimum absolute atomic E-state index is 0.372. The number of fused-ring (bicyclic) bond motifs is 1. The van der Waals surface area contributed by atoms with E-state index in [1.807, 2.05) is 30.3 Å². The second kappa shape index (κ2) is 6.24. The molecule has 5 heteroatoms. The lowest BCUT2D eigenvalue weighted by molar-refractivity contribution is 0.0706. The van der Waals surface area contributed by atoms with Crippen LogP contribution in [-0.4, -0.2) is 16.1 Å². The Morgan fingerprint density at radius 3 is 2.64 bits per heavy atom. The summed E-state index contributed by atoms with van der Waals surface area (Å²) >= 11 is 0. The molecule has 1 heterocycles. The monoisotopic (exact) mass is 294 g/mol. The summed E-state index contributed by atoms with van der Waals surface area (Å²) < 4.78 is 5.82. The van der Waals surface area contributed by atoms with Crippen molar-refractivity contribution in [3.63, 3.8) is 0 Å². The number of hydroxylamine groups is 1. The number of amides is 1. The van der Waals surface area contributed by atoms with Gasteiger partial charge >= 0.3 is 0 Å². The summed E-state index contributed by atoms with van der Waals surface area (Å²) in [7, 11) is 0. The van der Waals surface area contributed by atoms with Crippen molar-refractivity contribution in [3.05, 3.63) is 71.9 Å². The van der Waals surface area contributed by atoms with Crippen LogP contribution in [0.1, 0.15) is 15.9 Å². The standard InChI is InChI=1S/C17H14N2O3/c20-17(19-21)14-8-6-12(7-9-14)11-22-15-5-1-3-13-4-2-10-18-16(13)15/h1-10,21H,11H2,(H,19,20). The van der Waals surface area contributed by atoms with Crippen LogP contribution in [0, 0.1) is 0 Å². The Morgan fingerprint density at radius 1 is 1.09 bits per heavy atom. The molecule has 0 saturated heterocycles. The van der Waals surface area contributed by atoms with E-state index in [0.29, 0.717) is 12.2 Å². The zero-order valence-corrected chi connectivity index (χ0v) is 11.7. The van der Waals surface area contributed by atoms with Gasteiger partial charge in [0.25, 0.3) is 5.91 Å². The number of ether oxygens (including phenoxy) is 1. The van der Waals surface area contributed by atoms with E-state index in [-0.39, 0.29) is 0 Å². The zero-order chi connectivity index (χ0) is 15.4. The number of benzene rings is 2. The van der Waals surface area contributed by atoms with Gasteiger partial charge in [-0.25, -0.2) is 5.48 Å². The molecule has 0 aliphatic carbocycles. The molecular formula is C17H14N2O3. The van der Waals surface area contributed by atoms with Crippen molar-refractivity contribution < 1.29 is 14.7 Å². The first-order valence-electron chi connectivity index (χ1n) is 6.78. The van der Waals surface area contributed by atoms with Crippen molar-refractivity contribution in [1.29, 1.82) is 0 Å². The van der Waals surface area contributed by atoms with Crippen molar-refractivity contribution >= 4 is 16.8 Å². The highest BCUT2D eigenvalue weighted by molar-refractivity contribution is 5.93. The van der Waals surface area contributed by atoms with Gasteiger partial charge in [0.15, 0.2) is 0 Å². The summed E-state index contributed by atoms with van der Waals surface area (Å²) in [6.45, 7) is 0.372. The number of aromatic nitrogens is 1. The fraction of sp³-hybridized carbons (Fsp3) is 0.0588. The number of para-hydroxylation sites is 1. The predicted octanol–water partition coefficient (Wildman–Crippen LogP) is 2.93. The van der Waals surface area contributed by atoms with E-state index in [2.05, 4.69) is 4.98 Å². The minimum Gasteiger partial charge on any atom is -0.487 e. The highest BCUT2D eigenvalue weighted by Crippen LogP contribution is 2.23. The van der Waals surface area contributed by atoms with Crippen LogP contribution in [0.3, 0.4) is 0 Å². The van der Waals surface area contributed by atoms with Gasteiger partial charge in [-0.1, -0.05) is 30.3 Å². The topological polar surface area (TPSA) is 71.5 Å². The number of hydrogen-bond donors (Lipinski definition) is 2. The van der Waals surface area contributed by atoms with Gasteiger partial charge in [-0.3, -0.25) is 15.0 Å². The highest BCUT2D eigenvalue weighted by atomic mass is 16.5. The molecule has 3 aromatic rings. The zero-order valence-electron chi connectivity index (χ0n) is 11.7. The number of hydrogen-bond acceptors (Lipinski definition) is 4. The van der Waals surface area contributed by atoms with Crippen LogP contribution in [0.4, 0.5) is 0 Å². The number of nitrogens with zero attached hydrogens (tertiary/aromatic N) is 1. The van der Waals surface area contributed by atoms with Gasteiger partial charge in [0.1, 0.15) is 17.9 Å². The fourth-order valence-corrected chi connectivity index (χ4v) is 2.17. The second-order valence-corrected chi connectivity index (χ2v) is 4.76. The molecule has 5 nitrogen and oxygen atoms in total. The van der Waals surface area contributed by atoms with Gasteiger partial charge in [0.05, 0.1) is 0 Å². The first kappa shape index (κ1) is 14.0. The van der Waals surface area contributed by atoms with E-state index >= 15 is 0 Å². The summed E-state index contributed by atoms with van der Waals surface area (Å²) in [6.07, 6.45) is 1.73. The SMILES string of the molecule is O=C(NO)c1ccc(COc2cccc3cccnc23)cc1. The first-order chi connectivity index (χ1) is 10.8. The number of nitrogens with one attached hydrogen (secondary N) is 1. The highest BCUT2D eigenvalue weighted by Gasteiger charge is 2.05. The molecule has 110 valence electrons. The van der Waals surface area contributed by atoms with E-state index in [9.17, 15) is 4.79 Å². The van der Waals surface area contributed by atoms with Crippen LogP contribution in [0.25, 0.3) is 10.9 Å². The van der Waals surface area contributed by atoms with E-state index in [0.717, 1.165) is 22.2 Å². The van der Waals surface area contributed by atoms with Crippen LogP contribution < -0.4 is 10.2 Å². The van der Waals surface area contributed by atoms with E-state index in [4.69, 9.17) is 9.94 Å². The maximum absolute atomic E-state index is 11.2. The molecule has 2 aromatic carbocycles. The summed E-state index contributed by atoms with van der Waals surface area (Å²) in [5.41, 5.74) is 3.73.